The highest BCUT2D eigenvalue weighted by molar-refractivity contribution is 6.33. The number of nitrogens with one attached hydrogen (secondary N) is 1. The van der Waals surface area contributed by atoms with Crippen LogP contribution in [0.1, 0.15) is 32.9 Å². The van der Waals surface area contributed by atoms with Crippen molar-refractivity contribution in [2.45, 2.75) is 45.5 Å². The van der Waals surface area contributed by atoms with Gasteiger partial charge in [0.15, 0.2) is 0 Å². The summed E-state index contributed by atoms with van der Waals surface area (Å²) in [6.45, 7) is 4.24. The van der Waals surface area contributed by atoms with Crippen LogP contribution in [0.15, 0.2) is 35.1 Å². The number of methoxy groups -OCH3 is 1. The minimum Gasteiger partial charge on any atom is -0.467 e. The normalized spacial score (nSPS) is 16.0. The fourth-order valence-electron chi connectivity index (χ4n) is 5.07. The zero-order valence-electron chi connectivity index (χ0n) is 24.6. The van der Waals surface area contributed by atoms with Gasteiger partial charge in [0.25, 0.3) is 11.5 Å². The highest BCUT2D eigenvalue weighted by atomic mass is 35.5. The van der Waals surface area contributed by atoms with E-state index in [-0.39, 0.29) is 47.1 Å². The van der Waals surface area contributed by atoms with Crippen molar-refractivity contribution >= 4 is 29.2 Å². The van der Waals surface area contributed by atoms with E-state index in [0.29, 0.717) is 22.5 Å². The zero-order valence-corrected chi connectivity index (χ0v) is 25.4. The number of benzene rings is 2. The fourth-order valence-corrected chi connectivity index (χ4v) is 5.36. The maximum atomic E-state index is 15.3. The first-order chi connectivity index (χ1) is 20.6. The van der Waals surface area contributed by atoms with Crippen molar-refractivity contribution in [3.8, 4) is 11.3 Å². The van der Waals surface area contributed by atoms with Crippen LogP contribution < -0.4 is 15.8 Å². The van der Waals surface area contributed by atoms with Crippen LogP contribution in [0.25, 0.3) is 11.3 Å². The Balaban J connectivity index is 1.58. The van der Waals surface area contributed by atoms with Gasteiger partial charge in [0.2, 0.25) is 0 Å². The molecule has 14 heteroatoms. The summed E-state index contributed by atoms with van der Waals surface area (Å²) >= 11 is 6.51. The molecule has 1 fully saturated rings. The van der Waals surface area contributed by atoms with Crippen molar-refractivity contribution in [1.29, 1.82) is 0 Å². The number of anilines is 1. The standard InChI is InChI=1S/C30H31ClF4N4O5/c1-15-10-19(39-8-9-44-14-24(39)30(33,34)35)13-22(32)25(15)27(40)37-23(29(42)43-5)12-18-6-7-20(21(31)11-18)26-28(41)38(4)17(3)16(2)36-26/h6-7,10-11,13,23-24H,8-9,12,14H2,1-5H3,(H,37,40)/t23-,24+/m0/s1. The van der Waals surface area contributed by atoms with Gasteiger partial charge in [0.05, 0.1) is 36.6 Å². The van der Waals surface area contributed by atoms with Gasteiger partial charge in [0, 0.05) is 37.0 Å². The van der Waals surface area contributed by atoms with E-state index in [4.69, 9.17) is 21.1 Å². The second-order valence-electron chi connectivity index (χ2n) is 10.5. The van der Waals surface area contributed by atoms with Gasteiger partial charge in [-0.1, -0.05) is 23.7 Å². The molecule has 1 aromatic heterocycles. The van der Waals surface area contributed by atoms with Crippen molar-refractivity contribution in [1.82, 2.24) is 14.9 Å². The third-order valence-corrected chi connectivity index (χ3v) is 7.98. The van der Waals surface area contributed by atoms with Crippen LogP contribution in [-0.2, 0) is 27.7 Å². The number of nitrogens with zero attached hydrogens (tertiary/aromatic N) is 3. The summed E-state index contributed by atoms with van der Waals surface area (Å²) in [5, 5.41) is 2.65. The number of carbonyl (C=O) groups excluding carboxylic acids is 2. The van der Waals surface area contributed by atoms with Gasteiger partial charge in [-0.25, -0.2) is 14.2 Å². The lowest BCUT2D eigenvalue weighted by Crippen LogP contribution is -2.53. The Morgan fingerprint density at radius 2 is 1.91 bits per heavy atom. The maximum absolute atomic E-state index is 15.3. The van der Waals surface area contributed by atoms with Crippen LogP contribution in [0.3, 0.4) is 0 Å². The molecule has 1 aliphatic rings. The average molecular weight is 639 g/mol. The van der Waals surface area contributed by atoms with Crippen molar-refractivity contribution < 1.29 is 36.6 Å². The quantitative estimate of drug-likeness (QED) is 0.301. The molecule has 0 spiro atoms. The molecule has 0 radical (unpaired) electrons. The largest absolute Gasteiger partial charge is 0.467 e. The van der Waals surface area contributed by atoms with Crippen LogP contribution in [0.5, 0.6) is 0 Å². The molecule has 9 nitrogen and oxygen atoms in total. The number of esters is 1. The van der Waals surface area contributed by atoms with Crippen molar-refractivity contribution in [3.63, 3.8) is 0 Å². The van der Waals surface area contributed by atoms with Crippen LogP contribution in [0, 0.1) is 26.6 Å². The molecule has 1 saturated heterocycles. The Morgan fingerprint density at radius 1 is 1.20 bits per heavy atom. The third-order valence-electron chi connectivity index (χ3n) is 7.67. The molecule has 0 unspecified atom stereocenters. The van der Waals surface area contributed by atoms with Crippen molar-refractivity contribution in [2.75, 3.05) is 31.8 Å². The van der Waals surface area contributed by atoms with Gasteiger partial charge >= 0.3 is 12.1 Å². The van der Waals surface area contributed by atoms with Gasteiger partial charge in [-0.2, -0.15) is 13.2 Å². The van der Waals surface area contributed by atoms with E-state index in [1.165, 1.54) is 23.6 Å². The molecule has 4 rings (SSSR count). The second kappa shape index (κ2) is 12.9. The Labute approximate surface area is 255 Å². The zero-order chi connectivity index (χ0) is 32.5. The second-order valence-corrected chi connectivity index (χ2v) is 10.9. The van der Waals surface area contributed by atoms with E-state index in [0.717, 1.165) is 18.1 Å². The fraction of sp³-hybridized carbons (Fsp3) is 0.400. The molecular formula is C30H31ClF4N4O5. The monoisotopic (exact) mass is 638 g/mol. The van der Waals surface area contributed by atoms with Gasteiger partial charge in [-0.05, 0) is 50.1 Å². The van der Waals surface area contributed by atoms with Crippen LogP contribution in [-0.4, -0.2) is 66.6 Å². The first-order valence-corrected chi connectivity index (χ1v) is 13.9. The number of morpholine rings is 1. The molecule has 1 aliphatic heterocycles. The van der Waals surface area contributed by atoms with E-state index < -0.39 is 48.1 Å². The van der Waals surface area contributed by atoms with Crippen molar-refractivity contribution in [3.05, 3.63) is 79.6 Å². The number of carbonyl (C=O) groups is 2. The Morgan fingerprint density at radius 3 is 2.52 bits per heavy atom. The molecule has 1 N–H and O–H groups in total. The van der Waals surface area contributed by atoms with E-state index in [1.807, 2.05) is 0 Å². The number of halogens is 5. The number of aryl methyl sites for hydroxylation is 2. The Kier molecular flexibility index (Phi) is 9.69. The molecule has 3 aromatic rings. The maximum Gasteiger partial charge on any atom is 0.411 e. The average Bonchev–Trinajstić information content (AvgIpc) is 2.96. The first-order valence-electron chi connectivity index (χ1n) is 13.6. The van der Waals surface area contributed by atoms with Crippen molar-refractivity contribution in [2.24, 2.45) is 7.05 Å². The number of alkyl halides is 3. The number of rotatable bonds is 7. The van der Waals surface area contributed by atoms with Gasteiger partial charge in [0.1, 0.15) is 23.6 Å². The summed E-state index contributed by atoms with van der Waals surface area (Å²) in [6, 6.07) is 3.63. The lowest BCUT2D eigenvalue weighted by Gasteiger charge is -2.38. The predicted octanol–water partition coefficient (Wildman–Crippen LogP) is 4.45. The Bertz CT molecular complexity index is 1640. The summed E-state index contributed by atoms with van der Waals surface area (Å²) in [5.41, 5.74) is 1.64. The summed E-state index contributed by atoms with van der Waals surface area (Å²) < 4.78 is 67.3. The SMILES string of the molecule is COC(=O)[C@H](Cc1ccc(-c2nc(C)c(C)n(C)c2=O)c(Cl)c1)NC(=O)c1c(C)cc(N2CCOC[C@@H]2C(F)(F)F)cc1F. The summed E-state index contributed by atoms with van der Waals surface area (Å²) in [5.74, 6) is -2.83. The number of aromatic nitrogens is 2. The molecular weight excluding hydrogens is 608 g/mol. The molecule has 0 saturated carbocycles. The summed E-state index contributed by atoms with van der Waals surface area (Å²) in [6.07, 6.45) is -4.71. The molecule has 2 aromatic carbocycles. The van der Waals surface area contributed by atoms with Crippen LogP contribution in [0.2, 0.25) is 5.02 Å². The van der Waals surface area contributed by atoms with E-state index in [9.17, 15) is 27.6 Å². The molecule has 236 valence electrons. The smallest absolute Gasteiger partial charge is 0.411 e. The lowest BCUT2D eigenvalue weighted by molar-refractivity contribution is -0.167. The number of hydrogen-bond acceptors (Lipinski definition) is 7. The van der Waals surface area contributed by atoms with Crippen LogP contribution >= 0.6 is 11.6 Å². The minimum atomic E-state index is -4.61. The molecule has 44 heavy (non-hydrogen) atoms. The van der Waals surface area contributed by atoms with E-state index in [1.54, 1.807) is 33.0 Å². The molecule has 0 aliphatic carbocycles. The topological polar surface area (TPSA) is 103 Å². The van der Waals surface area contributed by atoms with Crippen LogP contribution in [0.4, 0.5) is 23.2 Å². The molecule has 2 heterocycles. The van der Waals surface area contributed by atoms with E-state index >= 15 is 4.39 Å². The van der Waals surface area contributed by atoms with Gasteiger partial charge in [-0.15, -0.1) is 0 Å². The molecule has 2 atom stereocenters. The number of hydrogen-bond donors (Lipinski definition) is 1. The minimum absolute atomic E-state index is 0.0269. The highest BCUT2D eigenvalue weighted by Crippen LogP contribution is 2.33. The molecule has 1 amide bonds. The van der Waals surface area contributed by atoms with E-state index in [2.05, 4.69) is 10.3 Å². The summed E-state index contributed by atoms with van der Waals surface area (Å²) in [4.78, 5) is 44.0. The van der Waals surface area contributed by atoms with Gasteiger partial charge < -0.3 is 24.3 Å². The third kappa shape index (κ3) is 6.73. The molecule has 0 bridgehead atoms. The highest BCUT2D eigenvalue weighted by Gasteiger charge is 2.45. The predicted molar refractivity (Wildman–Crippen MR) is 156 cm³/mol. The van der Waals surface area contributed by atoms with Gasteiger partial charge in [-0.3, -0.25) is 9.59 Å². The lowest BCUT2D eigenvalue weighted by atomic mass is 10.0. The number of ether oxygens (including phenoxy) is 2. The summed E-state index contributed by atoms with van der Waals surface area (Å²) in [7, 11) is 2.75. The Hall–Kier alpha value is -3.97. The first kappa shape index (κ1) is 32.9. The number of amides is 1.